The molecule has 0 unspecified atom stereocenters. The minimum Gasteiger partial charge on any atom is -0.455 e. The number of para-hydroxylation sites is 2. The molecule has 2 N–H and O–H groups in total. The molecule has 0 aliphatic carbocycles. The molecule has 0 saturated heterocycles. The molecule has 0 radical (unpaired) electrons. The Balaban J connectivity index is 2.19. The fraction of sp³-hybridized carbons (Fsp3) is 0.200. The van der Waals surface area contributed by atoms with Crippen LogP contribution in [0.5, 0.6) is 11.5 Å². The largest absolute Gasteiger partial charge is 0.455 e. The highest BCUT2D eigenvalue weighted by molar-refractivity contribution is 7.91. The van der Waals surface area contributed by atoms with Crippen molar-refractivity contribution in [3.05, 3.63) is 48.5 Å². The fourth-order valence-electron chi connectivity index (χ4n) is 1.80. The van der Waals surface area contributed by atoms with Gasteiger partial charge in [-0.15, -0.1) is 0 Å². The van der Waals surface area contributed by atoms with Crippen LogP contribution in [0.2, 0.25) is 0 Å². The smallest absolute Gasteiger partial charge is 0.178 e. The van der Waals surface area contributed by atoms with Crippen LogP contribution in [0, 0.1) is 0 Å². The molecule has 2 rings (SSSR count). The minimum absolute atomic E-state index is 0.152. The molecule has 0 aliphatic rings. The normalized spacial score (nSPS) is 11.2. The molecule has 106 valence electrons. The summed E-state index contributed by atoms with van der Waals surface area (Å²) in [5.74, 6) is 1.26. The molecule has 20 heavy (non-hydrogen) atoms. The van der Waals surface area contributed by atoms with E-state index in [1.54, 1.807) is 36.4 Å². The predicted octanol–water partition coefficient (Wildman–Crippen LogP) is 3.24. The van der Waals surface area contributed by atoms with Gasteiger partial charge < -0.3 is 10.5 Å². The Kier molecular flexibility index (Phi) is 4.29. The van der Waals surface area contributed by atoms with Crippen LogP contribution in [0.15, 0.2) is 53.4 Å². The Labute approximate surface area is 119 Å². The molecule has 2 aromatic rings. The average molecular weight is 291 g/mol. The molecule has 0 saturated carbocycles. The molecule has 0 bridgehead atoms. The molecule has 5 heteroatoms. The van der Waals surface area contributed by atoms with Gasteiger partial charge in [-0.05, 0) is 42.8 Å². The molecular formula is C15H17NO3S. The van der Waals surface area contributed by atoms with Crippen LogP contribution in [0.1, 0.15) is 13.3 Å². The van der Waals surface area contributed by atoms with Crippen molar-refractivity contribution in [2.75, 3.05) is 11.5 Å². The molecule has 2 aromatic carbocycles. The lowest BCUT2D eigenvalue weighted by Crippen LogP contribution is -2.05. The van der Waals surface area contributed by atoms with E-state index in [0.29, 0.717) is 28.5 Å². The Morgan fingerprint density at radius 1 is 1.05 bits per heavy atom. The van der Waals surface area contributed by atoms with Crippen molar-refractivity contribution in [1.82, 2.24) is 0 Å². The van der Waals surface area contributed by atoms with Crippen LogP contribution in [0.25, 0.3) is 0 Å². The second-order valence-corrected chi connectivity index (χ2v) is 6.54. The number of anilines is 1. The summed E-state index contributed by atoms with van der Waals surface area (Å²) in [6.07, 6.45) is 0.598. The van der Waals surface area contributed by atoms with Crippen molar-refractivity contribution < 1.29 is 13.2 Å². The Bertz CT molecular complexity index is 679. The van der Waals surface area contributed by atoms with Gasteiger partial charge in [0.2, 0.25) is 0 Å². The second kappa shape index (κ2) is 5.96. The third-order valence-electron chi connectivity index (χ3n) is 2.80. The van der Waals surface area contributed by atoms with Gasteiger partial charge in [0.15, 0.2) is 9.84 Å². The average Bonchev–Trinajstić information content (AvgIpc) is 2.42. The Hall–Kier alpha value is -2.01. The second-order valence-electron chi connectivity index (χ2n) is 4.43. The molecule has 0 atom stereocenters. The van der Waals surface area contributed by atoms with Crippen LogP contribution in [0.3, 0.4) is 0 Å². The SMILES string of the molecule is CCCS(=O)(=O)c1ccc(Oc2ccccc2N)cc1. The summed E-state index contributed by atoms with van der Waals surface area (Å²) in [6, 6.07) is 13.5. The Morgan fingerprint density at radius 3 is 2.30 bits per heavy atom. The first kappa shape index (κ1) is 14.4. The van der Waals surface area contributed by atoms with Crippen molar-refractivity contribution in [2.45, 2.75) is 18.2 Å². The van der Waals surface area contributed by atoms with E-state index in [2.05, 4.69) is 0 Å². The van der Waals surface area contributed by atoms with E-state index in [-0.39, 0.29) is 5.75 Å². The van der Waals surface area contributed by atoms with Gasteiger partial charge in [0.05, 0.1) is 16.3 Å². The van der Waals surface area contributed by atoms with Gasteiger partial charge in [-0.25, -0.2) is 8.42 Å². The van der Waals surface area contributed by atoms with E-state index in [0.717, 1.165) is 0 Å². The monoisotopic (exact) mass is 291 g/mol. The van der Waals surface area contributed by atoms with Gasteiger partial charge in [0, 0.05) is 0 Å². The number of ether oxygens (including phenoxy) is 1. The summed E-state index contributed by atoms with van der Waals surface area (Å²) >= 11 is 0. The number of sulfone groups is 1. The summed E-state index contributed by atoms with van der Waals surface area (Å²) in [5.41, 5.74) is 6.32. The molecule has 0 heterocycles. The first-order valence-corrected chi connectivity index (χ1v) is 8.03. The van der Waals surface area contributed by atoms with E-state index < -0.39 is 9.84 Å². The highest BCUT2D eigenvalue weighted by Crippen LogP contribution is 2.27. The van der Waals surface area contributed by atoms with Crippen molar-refractivity contribution in [2.24, 2.45) is 0 Å². The highest BCUT2D eigenvalue weighted by atomic mass is 32.2. The van der Waals surface area contributed by atoms with Gasteiger partial charge in [0.1, 0.15) is 11.5 Å². The number of nitrogen functional groups attached to an aromatic ring is 1. The van der Waals surface area contributed by atoms with E-state index in [4.69, 9.17) is 10.5 Å². The summed E-state index contributed by atoms with van der Waals surface area (Å²) in [6.45, 7) is 1.84. The maximum atomic E-state index is 11.9. The van der Waals surface area contributed by atoms with E-state index in [1.807, 2.05) is 19.1 Å². The molecule has 0 aliphatic heterocycles. The maximum Gasteiger partial charge on any atom is 0.178 e. The molecule has 0 spiro atoms. The molecule has 0 fully saturated rings. The van der Waals surface area contributed by atoms with Crippen molar-refractivity contribution in [3.8, 4) is 11.5 Å². The van der Waals surface area contributed by atoms with Crippen LogP contribution in [-0.2, 0) is 9.84 Å². The minimum atomic E-state index is -3.19. The van der Waals surface area contributed by atoms with Gasteiger partial charge in [-0.2, -0.15) is 0 Å². The van der Waals surface area contributed by atoms with E-state index in [9.17, 15) is 8.42 Å². The maximum absolute atomic E-state index is 11.9. The predicted molar refractivity (Wildman–Crippen MR) is 79.7 cm³/mol. The Morgan fingerprint density at radius 2 is 1.70 bits per heavy atom. The quantitative estimate of drug-likeness (QED) is 0.859. The summed E-state index contributed by atoms with van der Waals surface area (Å²) in [4.78, 5) is 0.313. The zero-order chi connectivity index (χ0) is 14.6. The molecular weight excluding hydrogens is 274 g/mol. The van der Waals surface area contributed by atoms with Crippen LogP contribution < -0.4 is 10.5 Å². The van der Waals surface area contributed by atoms with Gasteiger partial charge in [0.25, 0.3) is 0 Å². The summed E-state index contributed by atoms with van der Waals surface area (Å²) < 4.78 is 29.4. The van der Waals surface area contributed by atoms with Crippen molar-refractivity contribution >= 4 is 15.5 Å². The number of rotatable bonds is 5. The zero-order valence-electron chi connectivity index (χ0n) is 11.2. The zero-order valence-corrected chi connectivity index (χ0v) is 12.1. The van der Waals surface area contributed by atoms with Crippen LogP contribution in [-0.4, -0.2) is 14.2 Å². The van der Waals surface area contributed by atoms with E-state index in [1.165, 1.54) is 0 Å². The summed E-state index contributed by atoms with van der Waals surface area (Å²) in [7, 11) is -3.19. The number of hydrogen-bond donors (Lipinski definition) is 1. The lowest BCUT2D eigenvalue weighted by atomic mass is 10.3. The summed E-state index contributed by atoms with van der Waals surface area (Å²) in [5, 5.41) is 0. The van der Waals surface area contributed by atoms with Gasteiger partial charge >= 0.3 is 0 Å². The van der Waals surface area contributed by atoms with Crippen molar-refractivity contribution in [3.63, 3.8) is 0 Å². The lowest BCUT2D eigenvalue weighted by Gasteiger charge is -2.09. The standard InChI is InChI=1S/C15H17NO3S/c1-2-11-20(17,18)13-9-7-12(8-10-13)19-15-6-4-3-5-14(15)16/h3-10H,2,11,16H2,1H3. The van der Waals surface area contributed by atoms with Crippen molar-refractivity contribution in [1.29, 1.82) is 0 Å². The van der Waals surface area contributed by atoms with Gasteiger partial charge in [-0.3, -0.25) is 0 Å². The van der Waals surface area contributed by atoms with Crippen LogP contribution >= 0.6 is 0 Å². The third-order valence-corrected chi connectivity index (χ3v) is 4.74. The number of hydrogen-bond acceptors (Lipinski definition) is 4. The molecule has 0 amide bonds. The number of benzene rings is 2. The molecule has 0 aromatic heterocycles. The highest BCUT2D eigenvalue weighted by Gasteiger charge is 2.13. The van der Waals surface area contributed by atoms with E-state index >= 15 is 0 Å². The third kappa shape index (κ3) is 3.30. The number of nitrogens with two attached hydrogens (primary N) is 1. The van der Waals surface area contributed by atoms with Crippen LogP contribution in [0.4, 0.5) is 5.69 Å². The lowest BCUT2D eigenvalue weighted by molar-refractivity contribution is 0.484. The fourth-order valence-corrected chi connectivity index (χ4v) is 3.13. The first-order chi connectivity index (χ1) is 9.53. The van der Waals surface area contributed by atoms with Gasteiger partial charge in [-0.1, -0.05) is 19.1 Å². The first-order valence-electron chi connectivity index (χ1n) is 6.38. The molecule has 4 nitrogen and oxygen atoms in total. The topological polar surface area (TPSA) is 69.4 Å².